The van der Waals surface area contributed by atoms with Gasteiger partial charge in [0.1, 0.15) is 11.3 Å². The van der Waals surface area contributed by atoms with E-state index in [0.717, 1.165) is 11.3 Å². The van der Waals surface area contributed by atoms with Crippen LogP contribution in [0, 0.1) is 6.92 Å². The lowest BCUT2D eigenvalue weighted by atomic mass is 10.1. The van der Waals surface area contributed by atoms with Crippen LogP contribution in [0.25, 0.3) is 11.8 Å². The molecule has 2 aromatic carbocycles. The van der Waals surface area contributed by atoms with E-state index >= 15 is 0 Å². The number of nitrogens with one attached hydrogen (secondary N) is 1. The Kier molecular flexibility index (Phi) is 5.63. The molecule has 1 aliphatic rings. The number of aromatic nitrogens is 1. The van der Waals surface area contributed by atoms with Crippen LogP contribution in [0.1, 0.15) is 11.3 Å². The van der Waals surface area contributed by atoms with Gasteiger partial charge in [-0.25, -0.2) is 0 Å². The second-order valence-corrected chi connectivity index (χ2v) is 7.69. The summed E-state index contributed by atoms with van der Waals surface area (Å²) in [6, 6.07) is 16.2. The fraction of sp³-hybridized carbons (Fsp3) is 0.0870. The molecule has 1 saturated heterocycles. The Morgan fingerprint density at radius 1 is 1.06 bits per heavy atom. The van der Waals surface area contributed by atoms with Gasteiger partial charge >= 0.3 is 0 Å². The van der Waals surface area contributed by atoms with Gasteiger partial charge in [-0.05, 0) is 79.3 Å². The highest BCUT2D eigenvalue weighted by atomic mass is 35.5. The first kappa shape index (κ1) is 20.8. The quantitative estimate of drug-likeness (QED) is 0.365. The third kappa shape index (κ3) is 3.97. The molecule has 2 amide bonds. The Balaban J connectivity index is 1.73. The maximum absolute atomic E-state index is 13.2. The molecular formula is C23H18ClN3O3S. The minimum atomic E-state index is -0.547. The summed E-state index contributed by atoms with van der Waals surface area (Å²) in [5, 5.41) is 3.25. The van der Waals surface area contributed by atoms with Gasteiger partial charge in [0.25, 0.3) is 11.8 Å². The smallest absolute Gasteiger partial charge is 0.270 e. The van der Waals surface area contributed by atoms with Gasteiger partial charge in [0, 0.05) is 22.6 Å². The second kappa shape index (κ2) is 8.37. The summed E-state index contributed by atoms with van der Waals surface area (Å²) in [5.74, 6) is -0.406. The molecule has 0 saturated carbocycles. The van der Waals surface area contributed by atoms with Gasteiger partial charge in [0.2, 0.25) is 0 Å². The van der Waals surface area contributed by atoms with Gasteiger partial charge in [-0.1, -0.05) is 17.7 Å². The summed E-state index contributed by atoms with van der Waals surface area (Å²) in [7, 11) is 1.56. The summed E-state index contributed by atoms with van der Waals surface area (Å²) in [6.07, 6.45) is 3.38. The van der Waals surface area contributed by atoms with Crippen molar-refractivity contribution in [3.05, 3.63) is 82.6 Å². The fourth-order valence-corrected chi connectivity index (χ4v) is 3.71. The number of methoxy groups -OCH3 is 1. The number of halogens is 1. The van der Waals surface area contributed by atoms with Crippen LogP contribution >= 0.6 is 23.8 Å². The van der Waals surface area contributed by atoms with Gasteiger partial charge < -0.3 is 9.30 Å². The molecule has 1 N–H and O–H groups in total. The zero-order valence-corrected chi connectivity index (χ0v) is 18.3. The molecule has 0 bridgehead atoms. The van der Waals surface area contributed by atoms with Gasteiger partial charge in [0.05, 0.1) is 12.8 Å². The molecule has 0 aliphatic carbocycles. The van der Waals surface area contributed by atoms with Crippen LogP contribution in [0.2, 0.25) is 5.02 Å². The SMILES string of the molecule is COc1ccc(N2C(=O)/C(=C/c3cccn3-c3ccc(C)c(Cl)c3)C(=O)NC2=S)cc1. The van der Waals surface area contributed by atoms with Crippen molar-refractivity contribution in [2.75, 3.05) is 12.0 Å². The molecule has 1 aromatic heterocycles. The van der Waals surface area contributed by atoms with E-state index in [9.17, 15) is 9.59 Å². The molecule has 8 heteroatoms. The maximum atomic E-state index is 13.2. The number of amides is 2. The zero-order chi connectivity index (χ0) is 22.1. The minimum absolute atomic E-state index is 0.0254. The lowest BCUT2D eigenvalue weighted by Gasteiger charge is -2.29. The first-order valence-electron chi connectivity index (χ1n) is 9.38. The van der Waals surface area contributed by atoms with Crippen LogP contribution in [0.3, 0.4) is 0 Å². The van der Waals surface area contributed by atoms with Crippen molar-refractivity contribution in [1.29, 1.82) is 0 Å². The maximum Gasteiger partial charge on any atom is 0.270 e. The van der Waals surface area contributed by atoms with E-state index in [1.807, 2.05) is 48.0 Å². The lowest BCUT2D eigenvalue weighted by molar-refractivity contribution is -0.122. The summed E-state index contributed by atoms with van der Waals surface area (Å²) in [6.45, 7) is 1.92. The number of benzene rings is 2. The average molecular weight is 452 g/mol. The highest BCUT2D eigenvalue weighted by molar-refractivity contribution is 7.80. The molecule has 31 heavy (non-hydrogen) atoms. The number of rotatable bonds is 4. The number of thiocarbonyl (C=S) groups is 1. The van der Waals surface area contributed by atoms with E-state index in [0.29, 0.717) is 22.2 Å². The predicted molar refractivity (Wildman–Crippen MR) is 125 cm³/mol. The van der Waals surface area contributed by atoms with Crippen LogP contribution in [0.5, 0.6) is 5.75 Å². The number of carbonyl (C=O) groups is 2. The van der Waals surface area contributed by atoms with Crippen LogP contribution < -0.4 is 15.0 Å². The van der Waals surface area contributed by atoms with Crippen LogP contribution in [-0.2, 0) is 9.59 Å². The second-order valence-electron chi connectivity index (χ2n) is 6.89. The van der Waals surface area contributed by atoms with Crippen molar-refractivity contribution in [2.45, 2.75) is 6.92 Å². The van der Waals surface area contributed by atoms with Gasteiger partial charge in [-0.2, -0.15) is 0 Å². The number of nitrogens with zero attached hydrogens (tertiary/aromatic N) is 2. The number of ether oxygens (including phenoxy) is 1. The first-order valence-corrected chi connectivity index (χ1v) is 10.2. The van der Waals surface area contributed by atoms with Crippen molar-refractivity contribution in [3.63, 3.8) is 0 Å². The Hall–Kier alpha value is -3.42. The monoisotopic (exact) mass is 451 g/mol. The molecule has 1 aliphatic heterocycles. The minimum Gasteiger partial charge on any atom is -0.497 e. The predicted octanol–water partition coefficient (Wildman–Crippen LogP) is 4.28. The molecule has 3 aromatic rings. The molecule has 0 spiro atoms. The summed E-state index contributed by atoms with van der Waals surface area (Å²) < 4.78 is 7.01. The van der Waals surface area contributed by atoms with Crippen molar-refractivity contribution in [2.24, 2.45) is 0 Å². The van der Waals surface area contributed by atoms with E-state index in [2.05, 4.69) is 5.32 Å². The molecule has 2 heterocycles. The van der Waals surface area contributed by atoms with Gasteiger partial charge in [0.15, 0.2) is 5.11 Å². The highest BCUT2D eigenvalue weighted by Crippen LogP contribution is 2.26. The summed E-state index contributed by atoms with van der Waals surface area (Å²) in [4.78, 5) is 27.1. The average Bonchev–Trinajstić information content (AvgIpc) is 3.22. The normalized spacial score (nSPS) is 15.4. The molecule has 0 atom stereocenters. The third-order valence-corrected chi connectivity index (χ3v) is 5.63. The van der Waals surface area contributed by atoms with Crippen LogP contribution in [-0.4, -0.2) is 28.6 Å². The Bertz CT molecular complexity index is 1230. The van der Waals surface area contributed by atoms with Gasteiger partial charge in [-0.3, -0.25) is 19.8 Å². The summed E-state index contributed by atoms with van der Waals surface area (Å²) >= 11 is 11.5. The van der Waals surface area contributed by atoms with E-state index in [4.69, 9.17) is 28.6 Å². The standard InChI is InChI=1S/C23H18ClN3O3S/c1-14-5-6-17(13-20(14)24)26-11-3-4-16(26)12-19-21(28)25-23(31)27(22(19)29)15-7-9-18(30-2)10-8-15/h3-13H,1-2H3,(H,25,28,31)/b19-12+. The van der Waals surface area contributed by atoms with E-state index in [-0.39, 0.29) is 10.7 Å². The molecule has 4 rings (SSSR count). The molecule has 0 radical (unpaired) electrons. The number of anilines is 1. The number of hydrogen-bond donors (Lipinski definition) is 1. The Morgan fingerprint density at radius 2 is 1.77 bits per heavy atom. The van der Waals surface area contributed by atoms with Crippen molar-refractivity contribution >= 4 is 52.5 Å². The number of carbonyl (C=O) groups excluding carboxylic acids is 2. The lowest BCUT2D eigenvalue weighted by Crippen LogP contribution is -2.54. The Morgan fingerprint density at radius 3 is 2.45 bits per heavy atom. The molecule has 6 nitrogen and oxygen atoms in total. The van der Waals surface area contributed by atoms with E-state index < -0.39 is 11.8 Å². The van der Waals surface area contributed by atoms with Crippen LogP contribution in [0.15, 0.2) is 66.4 Å². The molecule has 156 valence electrons. The van der Waals surface area contributed by atoms with E-state index in [1.165, 1.54) is 4.90 Å². The Labute approximate surface area is 189 Å². The third-order valence-electron chi connectivity index (χ3n) is 4.94. The first-order chi connectivity index (χ1) is 14.9. The molecule has 1 fully saturated rings. The number of hydrogen-bond acceptors (Lipinski definition) is 4. The van der Waals surface area contributed by atoms with Crippen molar-refractivity contribution < 1.29 is 14.3 Å². The van der Waals surface area contributed by atoms with Crippen molar-refractivity contribution in [1.82, 2.24) is 9.88 Å². The van der Waals surface area contributed by atoms with Gasteiger partial charge in [-0.15, -0.1) is 0 Å². The molecule has 0 unspecified atom stereocenters. The topological polar surface area (TPSA) is 63.6 Å². The fourth-order valence-electron chi connectivity index (χ4n) is 3.25. The zero-order valence-electron chi connectivity index (χ0n) is 16.8. The highest BCUT2D eigenvalue weighted by Gasteiger charge is 2.34. The number of aryl methyl sites for hydroxylation is 1. The van der Waals surface area contributed by atoms with Crippen LogP contribution in [0.4, 0.5) is 5.69 Å². The summed E-state index contributed by atoms with van der Waals surface area (Å²) in [5.41, 5.74) is 2.94. The molecular weight excluding hydrogens is 434 g/mol. The van der Waals surface area contributed by atoms with Crippen molar-refractivity contribution in [3.8, 4) is 11.4 Å². The van der Waals surface area contributed by atoms with E-state index in [1.54, 1.807) is 37.5 Å². The largest absolute Gasteiger partial charge is 0.497 e.